The minimum atomic E-state index is -0.868. The number of ether oxygens (including phenoxy) is 18. The van der Waals surface area contributed by atoms with Crippen molar-refractivity contribution >= 4 is 0 Å². The van der Waals surface area contributed by atoms with Crippen LogP contribution in [0.2, 0.25) is 0 Å². The summed E-state index contributed by atoms with van der Waals surface area (Å²) in [4.78, 5) is 0. The average molecular weight is 1050 g/mol. The van der Waals surface area contributed by atoms with Gasteiger partial charge in [0.25, 0.3) is 0 Å². The SMILES string of the molecule is CCC1COCC(COCC2COC(COC[C@H](C)CC)CO2)O1.CCC1COCC(COCC2COC(COC[C@H](C)CC)CO2)O1.OCC(O)COCC1COC(COCC2COCC(CO)O2)CO1. The molecule has 0 radical (unpaired) electrons. The quantitative estimate of drug-likeness (QED) is 0.0936. The summed E-state index contributed by atoms with van der Waals surface area (Å²) >= 11 is 0. The van der Waals surface area contributed by atoms with Crippen molar-refractivity contribution in [2.75, 3.05) is 172 Å². The van der Waals surface area contributed by atoms with Gasteiger partial charge in [0.05, 0.1) is 171 Å². The summed E-state index contributed by atoms with van der Waals surface area (Å²) in [6, 6.07) is 0. The fraction of sp³-hybridized carbons (Fsp3) is 1.00. The molecule has 0 saturated carbocycles. The van der Waals surface area contributed by atoms with Gasteiger partial charge in [-0.05, 0) is 24.7 Å². The van der Waals surface area contributed by atoms with Crippen molar-refractivity contribution < 1.29 is 101 Å². The van der Waals surface area contributed by atoms with Crippen molar-refractivity contribution in [3.63, 3.8) is 0 Å². The predicted octanol–water partition coefficient (Wildman–Crippen LogP) is 2.02. The van der Waals surface area contributed by atoms with E-state index in [-0.39, 0.29) is 93.1 Å². The highest BCUT2D eigenvalue weighted by Gasteiger charge is 2.29. The maximum Gasteiger partial charge on any atom is 0.105 e. The summed E-state index contributed by atoms with van der Waals surface area (Å²) in [6.07, 6.45) is 3.01. The first-order valence-electron chi connectivity index (χ1n) is 26.9. The summed E-state index contributed by atoms with van der Waals surface area (Å²) < 4.78 is 102. The molecule has 21 heteroatoms. The van der Waals surface area contributed by atoms with Gasteiger partial charge in [0.2, 0.25) is 0 Å². The summed E-state index contributed by atoms with van der Waals surface area (Å²) in [5.41, 5.74) is 0. The van der Waals surface area contributed by atoms with Crippen molar-refractivity contribution in [3.8, 4) is 0 Å². The molecule has 3 N–H and O–H groups in total. The minimum absolute atomic E-state index is 0.0118. The first-order valence-corrected chi connectivity index (χ1v) is 26.9. The van der Waals surface area contributed by atoms with Crippen molar-refractivity contribution in [2.45, 2.75) is 147 Å². The van der Waals surface area contributed by atoms with E-state index in [0.29, 0.717) is 151 Å². The van der Waals surface area contributed by atoms with Crippen LogP contribution in [0.3, 0.4) is 0 Å². The molecular weight excluding hydrogens is 949 g/mol. The average Bonchev–Trinajstić information content (AvgIpc) is 3.42. The molecule has 0 bridgehead atoms. The monoisotopic (exact) mass is 1040 g/mol. The fourth-order valence-corrected chi connectivity index (χ4v) is 7.58. The molecule has 6 fully saturated rings. The third-order valence-electron chi connectivity index (χ3n) is 12.7. The Morgan fingerprint density at radius 1 is 0.361 bits per heavy atom. The Balaban J connectivity index is 0.000000234. The van der Waals surface area contributed by atoms with E-state index >= 15 is 0 Å². The highest BCUT2D eigenvalue weighted by Crippen LogP contribution is 2.16. The second kappa shape index (κ2) is 39.5. The Kier molecular flexibility index (Phi) is 35.0. The van der Waals surface area contributed by atoms with Gasteiger partial charge in [-0.25, -0.2) is 0 Å². The van der Waals surface area contributed by atoms with E-state index in [0.717, 1.165) is 38.9 Å². The summed E-state index contributed by atoms with van der Waals surface area (Å²) in [5, 5.41) is 26.9. The largest absolute Gasteiger partial charge is 0.394 e. The van der Waals surface area contributed by atoms with Crippen LogP contribution in [0, 0.1) is 11.8 Å². The van der Waals surface area contributed by atoms with Gasteiger partial charge in [-0.3, -0.25) is 0 Å². The number of hydrogen-bond acceptors (Lipinski definition) is 21. The van der Waals surface area contributed by atoms with E-state index in [9.17, 15) is 0 Å². The van der Waals surface area contributed by atoms with Crippen LogP contribution in [0.15, 0.2) is 0 Å². The van der Waals surface area contributed by atoms with Gasteiger partial charge in [0.15, 0.2) is 0 Å². The zero-order valence-electron chi connectivity index (χ0n) is 44.6. The van der Waals surface area contributed by atoms with Gasteiger partial charge >= 0.3 is 0 Å². The maximum absolute atomic E-state index is 9.17. The van der Waals surface area contributed by atoms with Crippen LogP contribution >= 0.6 is 0 Å². The molecule has 6 saturated heterocycles. The zero-order chi connectivity index (χ0) is 51.6. The number of aliphatic hydroxyl groups is 3. The zero-order valence-corrected chi connectivity index (χ0v) is 44.6. The molecule has 15 atom stereocenters. The van der Waals surface area contributed by atoms with Crippen LogP contribution in [-0.4, -0.2) is 266 Å². The molecule has 6 aliphatic rings. The molecule has 6 rings (SSSR count). The third kappa shape index (κ3) is 28.0. The van der Waals surface area contributed by atoms with Gasteiger partial charge in [0.1, 0.15) is 67.1 Å². The Morgan fingerprint density at radius 2 is 0.639 bits per heavy atom. The lowest BCUT2D eigenvalue weighted by atomic mass is 10.1. The second-order valence-electron chi connectivity index (χ2n) is 19.6. The lowest BCUT2D eigenvalue weighted by molar-refractivity contribution is -0.188. The maximum atomic E-state index is 9.17. The Hall–Kier alpha value is -0.840. The molecule has 0 aromatic rings. The van der Waals surface area contributed by atoms with Crippen molar-refractivity contribution in [1.29, 1.82) is 0 Å². The summed E-state index contributed by atoms with van der Waals surface area (Å²) in [5.74, 6) is 1.18. The second-order valence-corrected chi connectivity index (χ2v) is 19.6. The highest BCUT2D eigenvalue weighted by molar-refractivity contribution is 4.74. The first kappa shape index (κ1) is 63.7. The Morgan fingerprint density at radius 3 is 0.931 bits per heavy atom. The molecule has 0 spiro atoms. The van der Waals surface area contributed by atoms with E-state index in [2.05, 4.69) is 41.5 Å². The molecule has 0 aliphatic carbocycles. The smallest absolute Gasteiger partial charge is 0.105 e. The molecule has 72 heavy (non-hydrogen) atoms. The lowest BCUT2D eigenvalue weighted by Crippen LogP contribution is -2.43. The van der Waals surface area contributed by atoms with Gasteiger partial charge < -0.3 is 101 Å². The van der Waals surface area contributed by atoms with E-state index in [1.165, 1.54) is 0 Å². The van der Waals surface area contributed by atoms with Crippen LogP contribution in [0.1, 0.15) is 67.2 Å². The van der Waals surface area contributed by atoms with E-state index in [4.69, 9.17) is 101 Å². The van der Waals surface area contributed by atoms with Crippen LogP contribution < -0.4 is 0 Å². The molecule has 6 aliphatic heterocycles. The van der Waals surface area contributed by atoms with Gasteiger partial charge in [-0.2, -0.15) is 0 Å². The lowest BCUT2D eigenvalue weighted by Gasteiger charge is -2.31. The van der Waals surface area contributed by atoms with Gasteiger partial charge in [0, 0.05) is 13.2 Å². The van der Waals surface area contributed by atoms with Gasteiger partial charge in [-0.15, -0.1) is 0 Å². The highest BCUT2D eigenvalue weighted by atomic mass is 16.6. The van der Waals surface area contributed by atoms with Crippen molar-refractivity contribution in [1.82, 2.24) is 0 Å². The summed E-state index contributed by atoms with van der Waals surface area (Å²) in [7, 11) is 0. The summed E-state index contributed by atoms with van der Waals surface area (Å²) in [6.45, 7) is 25.1. The normalized spacial score (nSPS) is 32.6. The number of rotatable bonds is 30. The molecule has 426 valence electrons. The number of aliphatic hydroxyl groups excluding tert-OH is 3. The topological polar surface area (TPSA) is 227 Å². The molecule has 21 nitrogen and oxygen atoms in total. The van der Waals surface area contributed by atoms with Crippen LogP contribution in [0.25, 0.3) is 0 Å². The van der Waals surface area contributed by atoms with Crippen molar-refractivity contribution in [3.05, 3.63) is 0 Å². The predicted molar refractivity (Wildman–Crippen MR) is 261 cm³/mol. The molecule has 0 aromatic carbocycles. The molecule has 0 amide bonds. The fourth-order valence-electron chi connectivity index (χ4n) is 7.58. The standard InChI is InChI=1S/2C18H34O6.C15H28O9/c2*1-4-14(3)6-19-8-16-12-23-17(13-22-16)9-21-11-18-10-20-7-15(5-2)24-18;16-1-11(18)3-19-5-13-9-23-14(10-22-13)6-21-8-15-7-20-4-12(2-17)24-15/h2*14-18H,4-13H2,1-3H3;11-18H,1-10H2/t2*14-,15?,16?,17?,18?;/m11./s1. The van der Waals surface area contributed by atoms with Crippen LogP contribution in [-0.2, 0) is 85.3 Å². The molecular formula is C51H96O21. The van der Waals surface area contributed by atoms with E-state index in [1.807, 2.05) is 0 Å². The van der Waals surface area contributed by atoms with Crippen LogP contribution in [0.5, 0.6) is 0 Å². The van der Waals surface area contributed by atoms with Crippen molar-refractivity contribution in [2.24, 2.45) is 11.8 Å². The number of hydrogen-bond donors (Lipinski definition) is 3. The van der Waals surface area contributed by atoms with E-state index < -0.39 is 6.10 Å². The molecule has 0 aromatic heterocycles. The van der Waals surface area contributed by atoms with Gasteiger partial charge in [-0.1, -0.05) is 54.4 Å². The minimum Gasteiger partial charge on any atom is -0.394 e. The molecule has 13 unspecified atom stereocenters. The van der Waals surface area contributed by atoms with E-state index in [1.54, 1.807) is 0 Å². The van der Waals surface area contributed by atoms with Crippen LogP contribution in [0.4, 0.5) is 0 Å². The Bertz CT molecular complexity index is 1110. The molecule has 6 heterocycles. The first-order chi connectivity index (χ1) is 35.1. The third-order valence-corrected chi connectivity index (χ3v) is 12.7. The Labute approximate surface area is 429 Å².